The van der Waals surface area contributed by atoms with Crippen molar-refractivity contribution in [2.45, 2.75) is 43.2 Å². The number of nitrogens with one attached hydrogen (secondary N) is 2. The molecule has 2 aliphatic heterocycles. The van der Waals surface area contributed by atoms with E-state index in [1.54, 1.807) is 17.2 Å². The van der Waals surface area contributed by atoms with E-state index in [1.807, 2.05) is 13.0 Å². The molecule has 0 unspecified atom stereocenters. The molecule has 1 saturated carbocycles. The van der Waals surface area contributed by atoms with Gasteiger partial charge in [-0.15, -0.1) is 0 Å². The number of hydrazine groups is 1. The Morgan fingerprint density at radius 1 is 1.23 bits per heavy atom. The van der Waals surface area contributed by atoms with Crippen LogP contribution in [-0.4, -0.2) is 54.6 Å². The summed E-state index contributed by atoms with van der Waals surface area (Å²) in [5.74, 6) is 0.739. The fraction of sp³-hybridized carbons (Fsp3) is 0.476. The largest absolute Gasteiger partial charge is 0.382 e. The number of rotatable bonds is 5. The number of anilines is 1. The predicted molar refractivity (Wildman–Crippen MR) is 116 cm³/mol. The Morgan fingerprint density at radius 3 is 2.58 bits per heavy atom. The highest BCUT2D eigenvalue weighted by Crippen LogP contribution is 2.40. The van der Waals surface area contributed by atoms with Gasteiger partial charge < -0.3 is 10.6 Å². The maximum absolute atomic E-state index is 13.2. The molecule has 3 aliphatic rings. The fourth-order valence-corrected chi connectivity index (χ4v) is 5.48. The number of carbonyl (C=O) groups excluding carboxylic acids is 1. The standard InChI is InChI=1S/C21H26N6O3S/c1-11(12-3-4-12)27-10-14-5-13(6-17(31(2,29)30)18(14)21(27)28)16-9-23-20(22)19(26-16)15-7-24-25-8-15/h5-6,9,11-12,15,24-25H,3-4,7-8,10H2,1-2H3,(H2,22,23)/t11-/m0/s1. The van der Waals surface area contributed by atoms with Gasteiger partial charge in [0.25, 0.3) is 5.91 Å². The Labute approximate surface area is 181 Å². The van der Waals surface area contributed by atoms with Crippen LogP contribution >= 0.6 is 0 Å². The molecule has 1 saturated heterocycles. The van der Waals surface area contributed by atoms with Crippen LogP contribution in [-0.2, 0) is 16.4 Å². The molecule has 1 aromatic carbocycles. The van der Waals surface area contributed by atoms with Crippen molar-refractivity contribution in [3.63, 3.8) is 0 Å². The van der Waals surface area contributed by atoms with E-state index in [-0.39, 0.29) is 22.8 Å². The monoisotopic (exact) mass is 442 g/mol. The minimum Gasteiger partial charge on any atom is -0.382 e. The molecule has 10 heteroatoms. The molecule has 0 radical (unpaired) electrons. The van der Waals surface area contributed by atoms with Crippen LogP contribution in [0.5, 0.6) is 0 Å². The van der Waals surface area contributed by atoms with Crippen molar-refractivity contribution in [3.05, 3.63) is 35.2 Å². The number of hydrogen-bond acceptors (Lipinski definition) is 8. The molecule has 2 aromatic rings. The molecule has 1 atom stereocenters. The first-order valence-corrected chi connectivity index (χ1v) is 12.4. The van der Waals surface area contributed by atoms with E-state index in [2.05, 4.69) is 15.8 Å². The first-order chi connectivity index (χ1) is 14.7. The summed E-state index contributed by atoms with van der Waals surface area (Å²) in [5, 5.41) is 0. The maximum Gasteiger partial charge on any atom is 0.256 e. The Kier molecular flexibility index (Phi) is 4.76. The SMILES string of the molecule is C[C@@H](C1CC1)N1Cc2cc(-c3cnc(N)c(C4CNNC4)n3)cc(S(C)(=O)=O)c2C1=O. The Bertz CT molecular complexity index is 1170. The van der Waals surface area contributed by atoms with Crippen molar-refractivity contribution in [2.75, 3.05) is 25.1 Å². The van der Waals surface area contributed by atoms with Gasteiger partial charge in [-0.05, 0) is 43.4 Å². The van der Waals surface area contributed by atoms with E-state index < -0.39 is 9.84 Å². The van der Waals surface area contributed by atoms with E-state index in [0.29, 0.717) is 53.9 Å². The minimum atomic E-state index is -3.62. The van der Waals surface area contributed by atoms with Gasteiger partial charge >= 0.3 is 0 Å². The summed E-state index contributed by atoms with van der Waals surface area (Å²) < 4.78 is 25.3. The topological polar surface area (TPSA) is 130 Å². The first-order valence-electron chi connectivity index (χ1n) is 10.5. The zero-order valence-electron chi connectivity index (χ0n) is 17.6. The number of sulfone groups is 1. The summed E-state index contributed by atoms with van der Waals surface area (Å²) in [6.07, 6.45) is 4.92. The third kappa shape index (κ3) is 3.58. The van der Waals surface area contributed by atoms with Gasteiger partial charge in [-0.2, -0.15) is 0 Å². The Hall–Kier alpha value is -2.56. The molecule has 1 aromatic heterocycles. The van der Waals surface area contributed by atoms with Crippen LogP contribution in [0.4, 0.5) is 5.82 Å². The van der Waals surface area contributed by atoms with Gasteiger partial charge in [-0.25, -0.2) is 18.4 Å². The second kappa shape index (κ2) is 7.25. The van der Waals surface area contributed by atoms with Gasteiger partial charge in [0.05, 0.1) is 28.0 Å². The number of aromatic nitrogens is 2. The number of benzene rings is 1. The summed E-state index contributed by atoms with van der Waals surface area (Å²) in [6.45, 7) is 3.82. The Balaban J connectivity index is 1.60. The summed E-state index contributed by atoms with van der Waals surface area (Å²) in [4.78, 5) is 24.1. The molecular formula is C21H26N6O3S. The van der Waals surface area contributed by atoms with Gasteiger partial charge in [0.2, 0.25) is 0 Å². The lowest BCUT2D eigenvalue weighted by Gasteiger charge is -2.24. The van der Waals surface area contributed by atoms with Gasteiger partial charge in [0.15, 0.2) is 9.84 Å². The lowest BCUT2D eigenvalue weighted by molar-refractivity contribution is 0.0694. The van der Waals surface area contributed by atoms with Gasteiger partial charge in [-0.1, -0.05) is 0 Å². The smallest absolute Gasteiger partial charge is 0.256 e. The summed E-state index contributed by atoms with van der Waals surface area (Å²) >= 11 is 0. The molecule has 9 nitrogen and oxygen atoms in total. The molecule has 0 spiro atoms. The summed E-state index contributed by atoms with van der Waals surface area (Å²) in [7, 11) is -3.62. The lowest BCUT2D eigenvalue weighted by Crippen LogP contribution is -2.35. The molecule has 1 amide bonds. The zero-order chi connectivity index (χ0) is 21.9. The van der Waals surface area contributed by atoms with Crippen LogP contribution in [0.15, 0.2) is 23.2 Å². The minimum absolute atomic E-state index is 0.0554. The van der Waals surface area contributed by atoms with Crippen molar-refractivity contribution in [2.24, 2.45) is 5.92 Å². The number of nitrogens with two attached hydrogens (primary N) is 1. The van der Waals surface area contributed by atoms with E-state index in [1.165, 1.54) is 0 Å². The summed E-state index contributed by atoms with van der Waals surface area (Å²) in [6, 6.07) is 3.52. The number of nitrogen functional groups attached to an aromatic ring is 1. The van der Waals surface area contributed by atoms with E-state index in [4.69, 9.17) is 10.7 Å². The zero-order valence-corrected chi connectivity index (χ0v) is 18.4. The van der Waals surface area contributed by atoms with Gasteiger partial charge in [-0.3, -0.25) is 15.6 Å². The predicted octanol–water partition coefficient (Wildman–Crippen LogP) is 1.08. The molecule has 164 valence electrons. The van der Waals surface area contributed by atoms with Crippen LogP contribution in [0.2, 0.25) is 0 Å². The lowest BCUT2D eigenvalue weighted by atomic mass is 10.0. The van der Waals surface area contributed by atoms with Gasteiger partial charge in [0.1, 0.15) is 5.82 Å². The quantitative estimate of drug-likeness (QED) is 0.627. The first kappa shape index (κ1) is 20.3. The second-order valence-corrected chi connectivity index (χ2v) is 10.8. The summed E-state index contributed by atoms with van der Waals surface area (Å²) in [5.41, 5.74) is 15.1. The van der Waals surface area contributed by atoms with Crippen LogP contribution in [0.25, 0.3) is 11.3 Å². The number of nitrogens with zero attached hydrogens (tertiary/aromatic N) is 3. The molecule has 5 rings (SSSR count). The van der Waals surface area contributed by atoms with E-state index in [0.717, 1.165) is 24.7 Å². The Morgan fingerprint density at radius 2 is 1.94 bits per heavy atom. The van der Waals surface area contributed by atoms with E-state index in [9.17, 15) is 13.2 Å². The highest BCUT2D eigenvalue weighted by molar-refractivity contribution is 7.90. The second-order valence-electron chi connectivity index (χ2n) is 8.78. The molecule has 3 heterocycles. The average Bonchev–Trinajstić information content (AvgIpc) is 3.33. The fourth-order valence-electron chi connectivity index (χ4n) is 4.55. The van der Waals surface area contributed by atoms with E-state index >= 15 is 0 Å². The average molecular weight is 443 g/mol. The highest BCUT2D eigenvalue weighted by atomic mass is 32.2. The van der Waals surface area contributed by atoms with Gasteiger partial charge in [0, 0.05) is 43.4 Å². The van der Waals surface area contributed by atoms with Crippen molar-refractivity contribution < 1.29 is 13.2 Å². The van der Waals surface area contributed by atoms with Crippen LogP contribution in [0, 0.1) is 5.92 Å². The van der Waals surface area contributed by atoms with Crippen molar-refractivity contribution >= 4 is 21.6 Å². The molecular weight excluding hydrogens is 416 g/mol. The van der Waals surface area contributed by atoms with Crippen LogP contribution in [0.1, 0.15) is 47.3 Å². The third-order valence-corrected chi connectivity index (χ3v) is 7.65. The molecule has 1 aliphatic carbocycles. The van der Waals surface area contributed by atoms with Crippen LogP contribution < -0.4 is 16.6 Å². The molecule has 0 bridgehead atoms. The maximum atomic E-state index is 13.2. The normalized spacial score (nSPS) is 20.3. The highest BCUT2D eigenvalue weighted by Gasteiger charge is 2.41. The number of amides is 1. The molecule has 4 N–H and O–H groups in total. The van der Waals surface area contributed by atoms with Crippen molar-refractivity contribution in [1.82, 2.24) is 25.7 Å². The number of hydrogen-bond donors (Lipinski definition) is 3. The van der Waals surface area contributed by atoms with Crippen molar-refractivity contribution in [3.8, 4) is 11.3 Å². The molecule has 31 heavy (non-hydrogen) atoms. The van der Waals surface area contributed by atoms with Crippen LogP contribution in [0.3, 0.4) is 0 Å². The number of carbonyl (C=O) groups is 1. The number of fused-ring (bicyclic) bond motifs is 1. The van der Waals surface area contributed by atoms with Crippen molar-refractivity contribution in [1.29, 1.82) is 0 Å². The molecule has 2 fully saturated rings. The third-order valence-electron chi connectivity index (χ3n) is 6.53.